The molecule has 0 aliphatic carbocycles. The van der Waals surface area contributed by atoms with Crippen molar-refractivity contribution >= 4 is 46.4 Å². The van der Waals surface area contributed by atoms with Crippen molar-refractivity contribution in [3.8, 4) is 0 Å². The molecule has 5 nitrogen and oxygen atoms in total. The molecule has 0 radical (unpaired) electrons. The summed E-state index contributed by atoms with van der Waals surface area (Å²) in [6.45, 7) is 0. The van der Waals surface area contributed by atoms with Gasteiger partial charge in [0, 0.05) is 4.88 Å². The Kier molecular flexibility index (Phi) is 5.17. The minimum atomic E-state index is -1.01. The molecular formula is C13H10Cl2N2O3S. The van der Waals surface area contributed by atoms with E-state index in [-0.39, 0.29) is 22.3 Å². The number of pyridine rings is 1. The number of thiophene rings is 1. The SMILES string of the molecule is O=C(O)CC(NC(=O)c1ccc(Cl)nc1Cl)c1cccs1. The molecule has 8 heteroatoms. The number of aromatic nitrogens is 1. The van der Waals surface area contributed by atoms with Crippen molar-refractivity contribution in [1.82, 2.24) is 10.3 Å². The molecule has 1 atom stereocenters. The second kappa shape index (κ2) is 6.89. The molecule has 0 aliphatic heterocycles. The molecule has 2 aromatic heterocycles. The van der Waals surface area contributed by atoms with Crippen LogP contribution in [-0.4, -0.2) is 22.0 Å². The average Bonchev–Trinajstić information content (AvgIpc) is 2.90. The predicted octanol–water partition coefficient (Wildman–Crippen LogP) is 3.40. The third-order valence-corrected chi connectivity index (χ3v) is 4.11. The van der Waals surface area contributed by atoms with Crippen LogP contribution in [0.1, 0.15) is 27.7 Å². The van der Waals surface area contributed by atoms with Crippen LogP contribution in [0.15, 0.2) is 29.6 Å². The van der Waals surface area contributed by atoms with Crippen LogP contribution < -0.4 is 5.32 Å². The second-order valence-corrected chi connectivity index (χ2v) is 5.84. The molecular weight excluding hydrogens is 335 g/mol. The first-order valence-corrected chi connectivity index (χ1v) is 7.49. The predicted molar refractivity (Wildman–Crippen MR) is 81.0 cm³/mol. The van der Waals surface area contributed by atoms with E-state index in [0.717, 1.165) is 4.88 Å². The zero-order valence-electron chi connectivity index (χ0n) is 10.5. The summed E-state index contributed by atoms with van der Waals surface area (Å²) in [7, 11) is 0. The number of rotatable bonds is 5. The van der Waals surface area contributed by atoms with Gasteiger partial charge >= 0.3 is 5.97 Å². The normalized spacial score (nSPS) is 11.9. The Labute approximate surface area is 134 Å². The van der Waals surface area contributed by atoms with E-state index in [1.54, 1.807) is 12.1 Å². The largest absolute Gasteiger partial charge is 0.481 e. The van der Waals surface area contributed by atoms with Crippen LogP contribution >= 0.6 is 34.5 Å². The van der Waals surface area contributed by atoms with E-state index in [2.05, 4.69) is 10.3 Å². The van der Waals surface area contributed by atoms with E-state index >= 15 is 0 Å². The summed E-state index contributed by atoms with van der Waals surface area (Å²) in [5.74, 6) is -1.50. The third kappa shape index (κ3) is 4.17. The highest BCUT2D eigenvalue weighted by molar-refractivity contribution is 7.10. The second-order valence-electron chi connectivity index (χ2n) is 4.11. The van der Waals surface area contributed by atoms with Gasteiger partial charge in [-0.25, -0.2) is 4.98 Å². The molecule has 0 bridgehead atoms. The fourth-order valence-electron chi connectivity index (χ4n) is 1.70. The Morgan fingerprint density at radius 2 is 2.10 bits per heavy atom. The molecule has 2 aromatic rings. The first-order valence-electron chi connectivity index (χ1n) is 5.85. The molecule has 0 saturated heterocycles. The first-order chi connectivity index (χ1) is 9.97. The lowest BCUT2D eigenvalue weighted by atomic mass is 10.1. The van der Waals surface area contributed by atoms with Crippen LogP contribution in [0.25, 0.3) is 0 Å². The maximum atomic E-state index is 12.2. The van der Waals surface area contributed by atoms with Crippen molar-refractivity contribution in [3.05, 3.63) is 50.4 Å². The molecule has 2 heterocycles. The van der Waals surface area contributed by atoms with Crippen LogP contribution in [0.2, 0.25) is 10.3 Å². The fourth-order valence-corrected chi connectivity index (χ4v) is 2.91. The van der Waals surface area contributed by atoms with E-state index in [1.807, 2.05) is 5.38 Å². The quantitative estimate of drug-likeness (QED) is 0.814. The summed E-state index contributed by atoms with van der Waals surface area (Å²) in [6.07, 6.45) is -0.217. The molecule has 0 spiro atoms. The number of hydrogen-bond donors (Lipinski definition) is 2. The summed E-state index contributed by atoms with van der Waals surface area (Å²) >= 11 is 12.9. The number of nitrogens with one attached hydrogen (secondary N) is 1. The molecule has 2 rings (SSSR count). The topological polar surface area (TPSA) is 79.3 Å². The molecule has 2 N–H and O–H groups in total. The van der Waals surface area contributed by atoms with Crippen molar-refractivity contribution in [3.63, 3.8) is 0 Å². The van der Waals surface area contributed by atoms with Crippen LogP contribution in [0.4, 0.5) is 0 Å². The van der Waals surface area contributed by atoms with E-state index in [4.69, 9.17) is 28.3 Å². The smallest absolute Gasteiger partial charge is 0.305 e. The van der Waals surface area contributed by atoms with Crippen molar-refractivity contribution in [2.45, 2.75) is 12.5 Å². The zero-order chi connectivity index (χ0) is 15.4. The Hall–Kier alpha value is -1.63. The lowest BCUT2D eigenvalue weighted by Gasteiger charge is -2.16. The zero-order valence-corrected chi connectivity index (χ0v) is 12.9. The number of halogens is 2. The summed E-state index contributed by atoms with van der Waals surface area (Å²) < 4.78 is 0. The molecule has 0 aliphatic rings. The van der Waals surface area contributed by atoms with E-state index < -0.39 is 17.9 Å². The molecule has 1 unspecified atom stereocenters. The van der Waals surface area contributed by atoms with Crippen molar-refractivity contribution in [2.24, 2.45) is 0 Å². The Balaban J connectivity index is 2.20. The van der Waals surface area contributed by atoms with Gasteiger partial charge in [-0.15, -0.1) is 11.3 Å². The highest BCUT2D eigenvalue weighted by atomic mass is 35.5. The van der Waals surface area contributed by atoms with E-state index in [9.17, 15) is 9.59 Å². The summed E-state index contributed by atoms with van der Waals surface area (Å²) in [4.78, 5) is 27.7. The number of carbonyl (C=O) groups excluding carboxylic acids is 1. The van der Waals surface area contributed by atoms with Crippen LogP contribution in [0.3, 0.4) is 0 Å². The lowest BCUT2D eigenvalue weighted by molar-refractivity contribution is -0.137. The van der Waals surface area contributed by atoms with Crippen LogP contribution in [0.5, 0.6) is 0 Å². The van der Waals surface area contributed by atoms with E-state index in [1.165, 1.54) is 23.5 Å². The number of carbonyl (C=O) groups is 2. The van der Waals surface area contributed by atoms with Gasteiger partial charge in [-0.3, -0.25) is 9.59 Å². The minimum Gasteiger partial charge on any atom is -0.481 e. The highest BCUT2D eigenvalue weighted by Gasteiger charge is 2.21. The third-order valence-electron chi connectivity index (χ3n) is 2.63. The Bertz CT molecular complexity index is 661. The molecule has 0 aromatic carbocycles. The molecule has 0 fully saturated rings. The van der Waals surface area contributed by atoms with Gasteiger partial charge in [0.05, 0.1) is 18.0 Å². The highest BCUT2D eigenvalue weighted by Crippen LogP contribution is 2.24. The van der Waals surface area contributed by atoms with Crippen molar-refractivity contribution < 1.29 is 14.7 Å². The standard InChI is InChI=1S/C13H10Cl2N2O3S/c14-10-4-3-7(12(15)17-10)13(20)16-8(6-11(18)19)9-2-1-5-21-9/h1-5,8H,6H2,(H,16,20)(H,18,19). The van der Waals surface area contributed by atoms with Gasteiger partial charge in [0.25, 0.3) is 5.91 Å². The van der Waals surface area contributed by atoms with Gasteiger partial charge in [0.2, 0.25) is 0 Å². The Morgan fingerprint density at radius 3 is 2.67 bits per heavy atom. The minimum absolute atomic E-state index is 0.0275. The number of amides is 1. The van der Waals surface area contributed by atoms with Crippen LogP contribution in [-0.2, 0) is 4.79 Å². The summed E-state index contributed by atoms with van der Waals surface area (Å²) in [6, 6.07) is 5.82. The van der Waals surface area contributed by atoms with Crippen molar-refractivity contribution in [2.75, 3.05) is 0 Å². The fraction of sp³-hybridized carbons (Fsp3) is 0.154. The van der Waals surface area contributed by atoms with Gasteiger partial charge in [-0.05, 0) is 23.6 Å². The maximum absolute atomic E-state index is 12.2. The number of carboxylic acids is 1. The molecule has 21 heavy (non-hydrogen) atoms. The number of hydrogen-bond acceptors (Lipinski definition) is 4. The number of carboxylic acid groups (broad SMARTS) is 1. The molecule has 0 saturated carbocycles. The van der Waals surface area contributed by atoms with Gasteiger partial charge in [-0.1, -0.05) is 29.3 Å². The Morgan fingerprint density at radius 1 is 1.33 bits per heavy atom. The summed E-state index contributed by atoms with van der Waals surface area (Å²) in [5, 5.41) is 13.6. The van der Waals surface area contributed by atoms with Gasteiger partial charge < -0.3 is 10.4 Å². The summed E-state index contributed by atoms with van der Waals surface area (Å²) in [5.41, 5.74) is 0.146. The average molecular weight is 345 g/mol. The number of nitrogens with zero attached hydrogens (tertiary/aromatic N) is 1. The van der Waals surface area contributed by atoms with Crippen molar-refractivity contribution in [1.29, 1.82) is 0 Å². The lowest BCUT2D eigenvalue weighted by Crippen LogP contribution is -2.30. The van der Waals surface area contributed by atoms with Crippen LogP contribution in [0, 0.1) is 0 Å². The number of aliphatic carboxylic acids is 1. The van der Waals surface area contributed by atoms with Gasteiger partial charge in [0.1, 0.15) is 10.3 Å². The maximum Gasteiger partial charge on any atom is 0.305 e. The monoisotopic (exact) mass is 344 g/mol. The molecule has 110 valence electrons. The van der Waals surface area contributed by atoms with Gasteiger partial charge in [0.15, 0.2) is 0 Å². The van der Waals surface area contributed by atoms with Gasteiger partial charge in [-0.2, -0.15) is 0 Å². The molecule has 1 amide bonds. The first kappa shape index (κ1) is 15.8. The van der Waals surface area contributed by atoms with E-state index in [0.29, 0.717) is 0 Å².